The Kier molecular flexibility index (Phi) is 50.4. The number of rotatable bonds is 50. The smallest absolute Gasteiger partial charge is 0.463 e. The number of hydrogen-bond donors (Lipinski definition) is 3. The fraction of sp³-hybridized carbons (Fsp3) is 0.719. The lowest BCUT2D eigenvalue weighted by molar-refractivity contribution is -0.147. The molecule has 1 amide bonds. The molecule has 0 bridgehead atoms. The minimum absolute atomic E-state index is 0.0709. The van der Waals surface area contributed by atoms with Crippen LogP contribution in [0, 0.1) is 0 Å². The molecule has 0 aliphatic carbocycles. The molecule has 0 spiro atoms. The molecule has 0 saturated carbocycles. The zero-order chi connectivity index (χ0) is 48.8. The van der Waals surface area contributed by atoms with Crippen molar-refractivity contribution < 1.29 is 37.9 Å². The summed E-state index contributed by atoms with van der Waals surface area (Å²) < 4.78 is 27.0. The van der Waals surface area contributed by atoms with Gasteiger partial charge in [-0.15, -0.1) is 0 Å². The highest BCUT2D eigenvalue weighted by molar-refractivity contribution is 7.47. The highest BCUT2D eigenvalue weighted by Gasteiger charge is 2.23. The molecule has 67 heavy (non-hydrogen) atoms. The molecule has 0 radical (unpaired) electrons. The number of allylic oxidation sites excluding steroid dienone is 14. The van der Waals surface area contributed by atoms with Gasteiger partial charge >= 0.3 is 13.8 Å². The van der Waals surface area contributed by atoms with Crippen molar-refractivity contribution in [2.45, 2.75) is 238 Å². The Balaban J connectivity index is 3.60. The zero-order valence-electron chi connectivity index (χ0n) is 42.8. The summed E-state index contributed by atoms with van der Waals surface area (Å²) in [5.41, 5.74) is 0. The van der Waals surface area contributed by atoms with Gasteiger partial charge in [-0.25, -0.2) is 4.57 Å². The Morgan fingerprint density at radius 1 is 0.463 bits per heavy atom. The summed E-state index contributed by atoms with van der Waals surface area (Å²) >= 11 is 0. The lowest BCUT2D eigenvalue weighted by Gasteiger charge is -2.15. The number of hydrogen-bond acceptors (Lipinski definition) is 7. The van der Waals surface area contributed by atoms with Crippen molar-refractivity contribution in [2.24, 2.45) is 0 Å². The van der Waals surface area contributed by atoms with Crippen molar-refractivity contribution in [1.29, 1.82) is 0 Å². The van der Waals surface area contributed by atoms with Gasteiger partial charge in [-0.1, -0.05) is 208 Å². The summed E-state index contributed by atoms with van der Waals surface area (Å²) in [6.07, 6.45) is 68.0. The average molecular weight is 958 g/mol. The van der Waals surface area contributed by atoms with Crippen LogP contribution in [-0.4, -0.2) is 54.3 Å². The molecule has 10 heteroatoms. The van der Waals surface area contributed by atoms with Gasteiger partial charge in [-0.2, -0.15) is 0 Å². The Morgan fingerprint density at radius 2 is 0.806 bits per heavy atom. The second-order valence-corrected chi connectivity index (χ2v) is 19.3. The van der Waals surface area contributed by atoms with E-state index in [1.165, 1.54) is 128 Å². The largest absolute Gasteiger partial charge is 0.472 e. The molecule has 0 heterocycles. The molecular weight excluding hydrogens is 858 g/mol. The van der Waals surface area contributed by atoms with E-state index in [0.29, 0.717) is 6.42 Å². The third-order valence-electron chi connectivity index (χ3n) is 11.3. The quantitative estimate of drug-likeness (QED) is 0.0238. The number of carbonyl (C=O) groups excluding carboxylic acids is 2. The molecule has 3 N–H and O–H groups in total. The number of nitrogens with one attached hydrogen (secondary N) is 1. The number of carbonyl (C=O) groups is 2. The van der Waals surface area contributed by atoms with Gasteiger partial charge in [-0.3, -0.25) is 18.6 Å². The van der Waals surface area contributed by atoms with Crippen molar-refractivity contribution in [3.63, 3.8) is 0 Å². The van der Waals surface area contributed by atoms with Crippen LogP contribution in [0.25, 0.3) is 0 Å². The second-order valence-electron chi connectivity index (χ2n) is 17.8. The van der Waals surface area contributed by atoms with E-state index in [2.05, 4.69) is 104 Å². The van der Waals surface area contributed by atoms with Crippen LogP contribution in [0.4, 0.5) is 0 Å². The highest BCUT2D eigenvalue weighted by Crippen LogP contribution is 2.42. The Morgan fingerprint density at radius 3 is 1.21 bits per heavy atom. The molecule has 386 valence electrons. The van der Waals surface area contributed by atoms with Crippen LogP contribution in [0.15, 0.2) is 85.1 Å². The van der Waals surface area contributed by atoms with Crippen LogP contribution in [-0.2, 0) is 27.9 Å². The number of phosphoric acid groups is 1. The first kappa shape index (κ1) is 64.2. The second kappa shape index (κ2) is 52.6. The van der Waals surface area contributed by atoms with Crippen molar-refractivity contribution in [3.8, 4) is 0 Å². The Bertz CT molecular complexity index is 1370. The van der Waals surface area contributed by atoms with E-state index in [-0.39, 0.29) is 32.1 Å². The predicted octanol–water partition coefficient (Wildman–Crippen LogP) is 16.3. The van der Waals surface area contributed by atoms with Crippen LogP contribution in [0.2, 0.25) is 0 Å². The number of aliphatic hydroxyl groups excluding tert-OH is 1. The summed E-state index contributed by atoms with van der Waals surface area (Å²) in [4.78, 5) is 34.1. The van der Waals surface area contributed by atoms with E-state index in [4.69, 9.17) is 13.8 Å². The third kappa shape index (κ3) is 54.0. The van der Waals surface area contributed by atoms with Crippen molar-refractivity contribution in [2.75, 3.05) is 26.4 Å². The van der Waals surface area contributed by atoms with E-state index in [0.717, 1.165) is 77.0 Å². The SMILES string of the molecule is CCCCC/C=C\C/C=C\C/C=C\C/C=C\CCCCCCCCCC(=O)NCCOP(=O)(O)OCC(O)COC(=O)CCCCCCCCCCCC/C=C\C/C=C\C/C=C\CCCCC. The van der Waals surface area contributed by atoms with Crippen LogP contribution in [0.1, 0.15) is 232 Å². The molecule has 0 aromatic rings. The maximum atomic E-state index is 12.2. The average Bonchev–Trinajstić information content (AvgIpc) is 3.32. The van der Waals surface area contributed by atoms with Gasteiger partial charge in [-0.05, 0) is 96.3 Å². The van der Waals surface area contributed by atoms with Gasteiger partial charge in [0.15, 0.2) is 0 Å². The van der Waals surface area contributed by atoms with E-state index >= 15 is 0 Å². The standard InChI is InChI=1S/C57H100NO8P/c1-3-5-7-9-11-13-15-17-19-21-23-25-27-29-31-33-35-37-39-41-43-45-47-49-56(60)58-51-52-65-67(62,63)66-54-55(59)53-64-57(61)50-48-46-44-42-40-38-36-34-32-30-28-26-24-22-20-18-16-14-12-10-8-6-4-2/h11-14,17-20,23-26,29,31,55,59H,3-10,15-16,21-22,27-28,30,32-54H2,1-2H3,(H,58,60)(H,62,63)/b13-11-,14-12-,19-17-,20-18-,25-23-,26-24-,31-29-. The maximum Gasteiger partial charge on any atom is 0.472 e. The summed E-state index contributed by atoms with van der Waals surface area (Å²) in [7, 11) is -4.43. The molecule has 0 aliphatic heterocycles. The van der Waals surface area contributed by atoms with Crippen molar-refractivity contribution in [1.82, 2.24) is 5.32 Å². The molecule has 2 atom stereocenters. The highest BCUT2D eigenvalue weighted by atomic mass is 31.2. The van der Waals surface area contributed by atoms with Gasteiger partial charge in [0.05, 0.1) is 13.2 Å². The molecule has 9 nitrogen and oxygen atoms in total. The number of unbranched alkanes of at least 4 members (excludes halogenated alkanes) is 23. The number of aliphatic hydroxyl groups is 1. The number of amides is 1. The predicted molar refractivity (Wildman–Crippen MR) is 284 cm³/mol. The van der Waals surface area contributed by atoms with Crippen LogP contribution in [0.5, 0.6) is 0 Å². The molecule has 0 saturated heterocycles. The number of phosphoric ester groups is 1. The lowest BCUT2D eigenvalue weighted by Crippen LogP contribution is -2.27. The maximum absolute atomic E-state index is 12.2. The minimum Gasteiger partial charge on any atom is -0.463 e. The number of esters is 1. The van der Waals surface area contributed by atoms with Gasteiger partial charge in [0, 0.05) is 19.4 Å². The summed E-state index contributed by atoms with van der Waals surface area (Å²) in [6.45, 7) is 3.49. The third-order valence-corrected chi connectivity index (χ3v) is 12.3. The molecule has 0 rings (SSSR count). The lowest BCUT2D eigenvalue weighted by atomic mass is 10.1. The summed E-state index contributed by atoms with van der Waals surface area (Å²) in [6, 6.07) is 0. The first-order valence-corrected chi connectivity index (χ1v) is 28.6. The van der Waals surface area contributed by atoms with Gasteiger partial charge in [0.2, 0.25) is 5.91 Å². The van der Waals surface area contributed by atoms with E-state index in [1.54, 1.807) is 0 Å². The van der Waals surface area contributed by atoms with Crippen LogP contribution >= 0.6 is 7.82 Å². The Labute approximate surface area is 411 Å². The summed E-state index contributed by atoms with van der Waals surface area (Å²) in [5, 5.41) is 12.8. The summed E-state index contributed by atoms with van der Waals surface area (Å²) in [5.74, 6) is -0.532. The monoisotopic (exact) mass is 958 g/mol. The van der Waals surface area contributed by atoms with Crippen molar-refractivity contribution in [3.05, 3.63) is 85.1 Å². The molecule has 0 aromatic heterocycles. The zero-order valence-corrected chi connectivity index (χ0v) is 43.7. The molecule has 0 fully saturated rings. The minimum atomic E-state index is -4.43. The first-order valence-electron chi connectivity index (χ1n) is 27.1. The van der Waals surface area contributed by atoms with E-state index < -0.39 is 26.5 Å². The fourth-order valence-electron chi connectivity index (χ4n) is 7.19. The van der Waals surface area contributed by atoms with E-state index in [1.807, 2.05) is 0 Å². The number of ether oxygens (including phenoxy) is 1. The topological polar surface area (TPSA) is 131 Å². The molecular formula is C57H100NO8P. The molecule has 0 aromatic carbocycles. The van der Waals surface area contributed by atoms with E-state index in [9.17, 15) is 24.2 Å². The fourth-order valence-corrected chi connectivity index (χ4v) is 7.95. The van der Waals surface area contributed by atoms with Crippen molar-refractivity contribution >= 4 is 19.7 Å². The normalized spacial score (nSPS) is 13.8. The van der Waals surface area contributed by atoms with Gasteiger partial charge in [0.1, 0.15) is 12.7 Å². The first-order chi connectivity index (χ1) is 32.8. The van der Waals surface area contributed by atoms with Crippen LogP contribution < -0.4 is 5.32 Å². The van der Waals surface area contributed by atoms with Gasteiger partial charge in [0.25, 0.3) is 0 Å². The molecule has 0 aliphatic rings. The van der Waals surface area contributed by atoms with Crippen LogP contribution in [0.3, 0.4) is 0 Å². The molecule has 2 unspecified atom stereocenters. The van der Waals surface area contributed by atoms with Gasteiger partial charge < -0.3 is 20.1 Å². The Hall–Kier alpha value is -2.81.